The van der Waals surface area contributed by atoms with Gasteiger partial charge in [0, 0.05) is 0 Å². The van der Waals surface area contributed by atoms with Crippen molar-refractivity contribution < 1.29 is 13.2 Å². The number of aryl methyl sites for hydroxylation is 1. The van der Waals surface area contributed by atoms with Crippen molar-refractivity contribution in [3.8, 4) is 0 Å². The zero-order chi connectivity index (χ0) is 9.19. The summed E-state index contributed by atoms with van der Waals surface area (Å²) in [6.07, 6.45) is -4.21. The van der Waals surface area contributed by atoms with Gasteiger partial charge >= 0.3 is 6.18 Å². The molecule has 12 heavy (non-hydrogen) atoms. The molecule has 0 radical (unpaired) electrons. The summed E-state index contributed by atoms with van der Waals surface area (Å²) >= 11 is 1.10. The minimum atomic E-state index is -4.21. The molecule has 0 unspecified atom stereocenters. The molecule has 0 aliphatic rings. The Morgan fingerprint density at radius 3 is 2.50 bits per heavy atom. The second-order valence-corrected chi connectivity index (χ2v) is 3.28. The van der Waals surface area contributed by atoms with E-state index in [1.165, 1.54) is 0 Å². The van der Waals surface area contributed by atoms with Crippen molar-refractivity contribution in [3.63, 3.8) is 0 Å². The predicted molar refractivity (Wildman–Crippen MR) is 39.2 cm³/mol. The third-order valence-corrected chi connectivity index (χ3v) is 1.76. The highest BCUT2D eigenvalue weighted by molar-refractivity contribution is 7.15. The molecule has 1 N–H and O–H groups in total. The van der Waals surface area contributed by atoms with E-state index in [2.05, 4.69) is 15.5 Å². The molecule has 1 rings (SSSR count). The minimum Gasteiger partial charge on any atom is -0.351 e. The van der Waals surface area contributed by atoms with Crippen molar-refractivity contribution >= 4 is 16.5 Å². The number of nitrogens with zero attached hydrogens (tertiary/aromatic N) is 2. The Hall–Kier alpha value is -0.850. The topological polar surface area (TPSA) is 37.8 Å². The molecule has 0 atom stereocenters. The van der Waals surface area contributed by atoms with E-state index in [9.17, 15) is 13.2 Å². The number of hydrogen-bond acceptors (Lipinski definition) is 4. The SMILES string of the molecule is Cc1nnc(NCC(F)(F)F)s1. The Morgan fingerprint density at radius 1 is 1.42 bits per heavy atom. The van der Waals surface area contributed by atoms with Gasteiger partial charge in [-0.1, -0.05) is 11.3 Å². The molecule has 0 saturated carbocycles. The van der Waals surface area contributed by atoms with Gasteiger partial charge in [0.2, 0.25) is 5.13 Å². The van der Waals surface area contributed by atoms with Gasteiger partial charge in [-0.05, 0) is 6.92 Å². The first kappa shape index (κ1) is 9.24. The van der Waals surface area contributed by atoms with Crippen LogP contribution in [0.15, 0.2) is 0 Å². The number of hydrogen-bond donors (Lipinski definition) is 1. The fourth-order valence-corrected chi connectivity index (χ4v) is 1.13. The van der Waals surface area contributed by atoms with Crippen LogP contribution in [-0.2, 0) is 0 Å². The van der Waals surface area contributed by atoms with E-state index in [-0.39, 0.29) is 5.13 Å². The van der Waals surface area contributed by atoms with Gasteiger partial charge in [-0.25, -0.2) is 0 Å². The maximum Gasteiger partial charge on any atom is 0.405 e. The summed E-state index contributed by atoms with van der Waals surface area (Å²) in [5, 5.41) is 10.00. The van der Waals surface area contributed by atoms with E-state index in [1.54, 1.807) is 6.92 Å². The number of alkyl halides is 3. The molecule has 0 aliphatic carbocycles. The van der Waals surface area contributed by atoms with E-state index in [1.807, 2.05) is 0 Å². The van der Waals surface area contributed by atoms with Crippen LogP contribution in [-0.4, -0.2) is 22.9 Å². The van der Waals surface area contributed by atoms with E-state index >= 15 is 0 Å². The first-order chi connectivity index (χ1) is 5.47. The summed E-state index contributed by atoms with van der Waals surface area (Å²) in [7, 11) is 0. The van der Waals surface area contributed by atoms with Crippen LogP contribution in [0.2, 0.25) is 0 Å². The van der Waals surface area contributed by atoms with Gasteiger partial charge in [0.15, 0.2) is 0 Å². The van der Waals surface area contributed by atoms with Gasteiger partial charge in [-0.15, -0.1) is 10.2 Å². The zero-order valence-corrected chi connectivity index (χ0v) is 6.96. The van der Waals surface area contributed by atoms with Gasteiger partial charge in [0.1, 0.15) is 11.6 Å². The normalized spacial score (nSPS) is 11.7. The molecule has 1 aromatic rings. The molecule has 0 bridgehead atoms. The molecular weight excluding hydrogens is 191 g/mol. The molecule has 0 spiro atoms. The molecule has 3 nitrogen and oxygen atoms in total. The fourth-order valence-electron chi connectivity index (χ4n) is 0.544. The second-order valence-electron chi connectivity index (χ2n) is 2.09. The van der Waals surface area contributed by atoms with Crippen molar-refractivity contribution in [2.45, 2.75) is 13.1 Å². The fraction of sp³-hybridized carbons (Fsp3) is 0.600. The summed E-state index contributed by atoms with van der Waals surface area (Å²) in [5.74, 6) is 0. The maximum atomic E-state index is 11.6. The van der Waals surface area contributed by atoms with Crippen LogP contribution in [0, 0.1) is 6.92 Å². The van der Waals surface area contributed by atoms with Crippen LogP contribution in [0.25, 0.3) is 0 Å². The highest BCUT2D eigenvalue weighted by Crippen LogP contribution is 2.18. The van der Waals surface area contributed by atoms with Crippen molar-refractivity contribution in [1.82, 2.24) is 10.2 Å². The number of anilines is 1. The Bertz CT molecular complexity index is 257. The highest BCUT2D eigenvalue weighted by atomic mass is 32.1. The highest BCUT2D eigenvalue weighted by Gasteiger charge is 2.27. The summed E-state index contributed by atoms with van der Waals surface area (Å²) in [6, 6.07) is 0. The average Bonchev–Trinajstić information content (AvgIpc) is 2.30. The average molecular weight is 197 g/mol. The van der Waals surface area contributed by atoms with E-state index < -0.39 is 12.7 Å². The van der Waals surface area contributed by atoms with Crippen LogP contribution < -0.4 is 5.32 Å². The van der Waals surface area contributed by atoms with Gasteiger partial charge < -0.3 is 5.32 Å². The predicted octanol–water partition coefficient (Wildman–Crippen LogP) is 1.82. The van der Waals surface area contributed by atoms with Crippen LogP contribution in [0.4, 0.5) is 18.3 Å². The van der Waals surface area contributed by atoms with Crippen LogP contribution in [0.1, 0.15) is 5.01 Å². The minimum absolute atomic E-state index is 0.199. The third-order valence-electron chi connectivity index (χ3n) is 0.966. The Kier molecular flexibility index (Phi) is 2.51. The van der Waals surface area contributed by atoms with Gasteiger partial charge in [0.25, 0.3) is 0 Å². The van der Waals surface area contributed by atoms with Crippen LogP contribution in [0.3, 0.4) is 0 Å². The van der Waals surface area contributed by atoms with Crippen molar-refractivity contribution in [3.05, 3.63) is 5.01 Å². The zero-order valence-electron chi connectivity index (χ0n) is 6.14. The van der Waals surface area contributed by atoms with E-state index in [0.29, 0.717) is 5.01 Å². The number of halogens is 3. The second kappa shape index (κ2) is 3.26. The van der Waals surface area contributed by atoms with Crippen molar-refractivity contribution in [2.24, 2.45) is 0 Å². The smallest absolute Gasteiger partial charge is 0.351 e. The Balaban J connectivity index is 2.44. The van der Waals surface area contributed by atoms with Crippen LogP contribution >= 0.6 is 11.3 Å². The molecule has 0 saturated heterocycles. The van der Waals surface area contributed by atoms with Crippen molar-refractivity contribution in [1.29, 1.82) is 0 Å². The molecule has 0 aromatic carbocycles. The lowest BCUT2D eigenvalue weighted by Crippen LogP contribution is -2.21. The molecule has 0 aliphatic heterocycles. The summed E-state index contributed by atoms with van der Waals surface area (Å²) < 4.78 is 34.9. The molecule has 68 valence electrons. The summed E-state index contributed by atoms with van der Waals surface area (Å²) in [5.41, 5.74) is 0. The summed E-state index contributed by atoms with van der Waals surface area (Å²) in [6.45, 7) is 0.609. The lowest BCUT2D eigenvalue weighted by Gasteiger charge is -2.05. The number of aromatic nitrogens is 2. The monoisotopic (exact) mass is 197 g/mol. The molecule has 7 heteroatoms. The van der Waals surface area contributed by atoms with E-state index in [0.717, 1.165) is 11.3 Å². The number of rotatable bonds is 2. The molecule has 0 fully saturated rings. The molecule has 1 heterocycles. The van der Waals surface area contributed by atoms with Gasteiger partial charge in [-0.2, -0.15) is 13.2 Å². The first-order valence-electron chi connectivity index (χ1n) is 3.08. The molecular formula is C5H6F3N3S. The van der Waals surface area contributed by atoms with E-state index in [4.69, 9.17) is 0 Å². The van der Waals surface area contributed by atoms with Gasteiger partial charge in [0.05, 0.1) is 0 Å². The van der Waals surface area contributed by atoms with Crippen molar-refractivity contribution in [2.75, 3.05) is 11.9 Å². The quantitative estimate of drug-likeness (QED) is 0.785. The van der Waals surface area contributed by atoms with Crippen LogP contribution in [0.5, 0.6) is 0 Å². The molecule has 1 aromatic heterocycles. The number of nitrogens with one attached hydrogen (secondary N) is 1. The standard InChI is InChI=1S/C5H6F3N3S/c1-3-10-11-4(12-3)9-2-5(6,7)8/h2H2,1H3,(H,9,11). The lowest BCUT2D eigenvalue weighted by atomic mass is 10.6. The first-order valence-corrected chi connectivity index (χ1v) is 3.90. The Labute approximate surface area is 70.6 Å². The lowest BCUT2D eigenvalue weighted by molar-refractivity contribution is -0.115. The largest absolute Gasteiger partial charge is 0.405 e. The third kappa shape index (κ3) is 3.04. The summed E-state index contributed by atoms with van der Waals surface area (Å²) in [4.78, 5) is 0. The van der Waals surface area contributed by atoms with Gasteiger partial charge in [-0.3, -0.25) is 0 Å². The maximum absolute atomic E-state index is 11.6. The Morgan fingerprint density at radius 2 is 2.08 bits per heavy atom. The molecule has 0 amide bonds.